The lowest BCUT2D eigenvalue weighted by molar-refractivity contribution is 0.0786. The number of carbonyl (C=O) groups is 1. The van der Waals surface area contributed by atoms with Crippen LogP contribution >= 0.6 is 28.3 Å². The van der Waals surface area contributed by atoms with Gasteiger partial charge >= 0.3 is 0 Å². The molecule has 1 N–H and O–H groups in total. The summed E-state index contributed by atoms with van der Waals surface area (Å²) in [4.78, 5) is 14.5. The summed E-state index contributed by atoms with van der Waals surface area (Å²) in [5.41, 5.74) is 0.649. The average Bonchev–Trinajstić information content (AvgIpc) is 2.95. The second-order valence-electron chi connectivity index (χ2n) is 5.45. The van der Waals surface area contributed by atoms with E-state index in [2.05, 4.69) is 21.2 Å². The highest BCUT2D eigenvalue weighted by atomic mass is 79.9. The zero-order chi connectivity index (χ0) is 14.8. The Hall–Kier alpha value is -0.980. The summed E-state index contributed by atoms with van der Waals surface area (Å²) < 4.78 is 11.9. The van der Waals surface area contributed by atoms with Crippen LogP contribution in [0, 0.1) is 5.92 Å². The predicted octanol–water partition coefficient (Wildman–Crippen LogP) is 2.32. The Morgan fingerprint density at radius 2 is 2.18 bits per heavy atom. The highest BCUT2D eigenvalue weighted by Gasteiger charge is 2.28. The molecule has 0 radical (unpaired) electrons. The minimum Gasteiger partial charge on any atom is -0.486 e. The monoisotopic (exact) mass is 390 g/mol. The topological polar surface area (TPSA) is 50.8 Å². The third-order valence-electron chi connectivity index (χ3n) is 3.91. The van der Waals surface area contributed by atoms with Gasteiger partial charge in [0.1, 0.15) is 13.2 Å². The Morgan fingerprint density at radius 3 is 2.95 bits per heavy atom. The van der Waals surface area contributed by atoms with Crippen LogP contribution in [-0.4, -0.2) is 50.7 Å². The van der Waals surface area contributed by atoms with Gasteiger partial charge in [-0.1, -0.05) is 0 Å². The maximum Gasteiger partial charge on any atom is 0.254 e. The predicted molar refractivity (Wildman–Crippen MR) is 90.3 cm³/mol. The first kappa shape index (κ1) is 17.4. The molecule has 0 saturated carbocycles. The smallest absolute Gasteiger partial charge is 0.254 e. The number of benzene rings is 1. The van der Waals surface area contributed by atoms with Crippen LogP contribution in [0.1, 0.15) is 16.8 Å². The molecule has 3 rings (SSSR count). The number of ether oxygens (including phenoxy) is 2. The van der Waals surface area contributed by atoms with Gasteiger partial charge < -0.3 is 19.7 Å². The van der Waals surface area contributed by atoms with E-state index < -0.39 is 0 Å². The maximum atomic E-state index is 12.6. The third-order valence-corrected chi connectivity index (χ3v) is 4.50. The van der Waals surface area contributed by atoms with E-state index >= 15 is 0 Å². The molecule has 1 unspecified atom stereocenters. The molecule has 1 aromatic rings. The van der Waals surface area contributed by atoms with E-state index in [-0.39, 0.29) is 18.3 Å². The normalized spacial score (nSPS) is 19.7. The number of rotatable bonds is 3. The maximum absolute atomic E-state index is 12.6. The van der Waals surface area contributed by atoms with Crippen molar-refractivity contribution in [3.8, 4) is 11.5 Å². The highest BCUT2D eigenvalue weighted by Crippen LogP contribution is 2.39. The van der Waals surface area contributed by atoms with Crippen molar-refractivity contribution in [2.24, 2.45) is 5.92 Å². The summed E-state index contributed by atoms with van der Waals surface area (Å²) in [7, 11) is 1.95. The summed E-state index contributed by atoms with van der Waals surface area (Å²) >= 11 is 3.46. The van der Waals surface area contributed by atoms with Crippen molar-refractivity contribution < 1.29 is 14.3 Å². The molecule has 5 nitrogen and oxygen atoms in total. The van der Waals surface area contributed by atoms with Gasteiger partial charge in [0, 0.05) is 18.7 Å². The molecule has 122 valence electrons. The number of halogens is 2. The van der Waals surface area contributed by atoms with E-state index in [1.165, 1.54) is 0 Å². The van der Waals surface area contributed by atoms with Crippen LogP contribution in [0.15, 0.2) is 16.6 Å². The fourth-order valence-electron chi connectivity index (χ4n) is 2.89. The van der Waals surface area contributed by atoms with E-state index in [1.807, 2.05) is 18.0 Å². The average molecular weight is 392 g/mol. The second kappa shape index (κ2) is 7.53. The van der Waals surface area contributed by atoms with Crippen LogP contribution < -0.4 is 14.8 Å². The number of nitrogens with zero attached hydrogens (tertiary/aromatic N) is 1. The number of amides is 1. The van der Waals surface area contributed by atoms with Gasteiger partial charge in [-0.15, -0.1) is 12.4 Å². The van der Waals surface area contributed by atoms with Gasteiger partial charge in [-0.25, -0.2) is 0 Å². The van der Waals surface area contributed by atoms with Gasteiger partial charge in [0.15, 0.2) is 11.5 Å². The van der Waals surface area contributed by atoms with Gasteiger partial charge in [0.05, 0.1) is 4.47 Å². The molecule has 1 atom stereocenters. The van der Waals surface area contributed by atoms with E-state index in [9.17, 15) is 4.79 Å². The summed E-state index contributed by atoms with van der Waals surface area (Å²) in [6, 6.07) is 3.61. The van der Waals surface area contributed by atoms with E-state index in [0.717, 1.165) is 30.5 Å². The van der Waals surface area contributed by atoms with Gasteiger partial charge in [-0.3, -0.25) is 4.79 Å². The molecule has 7 heteroatoms. The molecule has 0 bridgehead atoms. The van der Waals surface area contributed by atoms with Crippen LogP contribution in [0.4, 0.5) is 0 Å². The number of fused-ring (bicyclic) bond motifs is 1. The first-order chi connectivity index (χ1) is 10.2. The molecule has 1 amide bonds. The first-order valence-electron chi connectivity index (χ1n) is 7.22. The second-order valence-corrected chi connectivity index (χ2v) is 6.30. The number of nitrogens with one attached hydrogen (secondary N) is 1. The molecule has 1 fully saturated rings. The number of likely N-dealkylation sites (tertiary alicyclic amines) is 1. The van der Waals surface area contributed by atoms with Crippen molar-refractivity contribution >= 4 is 34.2 Å². The van der Waals surface area contributed by atoms with Crippen LogP contribution in [0.2, 0.25) is 0 Å². The summed E-state index contributed by atoms with van der Waals surface area (Å²) in [6.07, 6.45) is 1.05. The Bertz CT molecular complexity index is 556. The minimum atomic E-state index is 0. The lowest BCUT2D eigenvalue weighted by Crippen LogP contribution is -2.30. The van der Waals surface area contributed by atoms with Gasteiger partial charge in [0.25, 0.3) is 5.91 Å². The zero-order valence-electron chi connectivity index (χ0n) is 12.4. The zero-order valence-corrected chi connectivity index (χ0v) is 14.8. The quantitative estimate of drug-likeness (QED) is 0.859. The molecular formula is C15H20BrClN2O3. The highest BCUT2D eigenvalue weighted by molar-refractivity contribution is 9.10. The van der Waals surface area contributed by atoms with Crippen LogP contribution in [0.3, 0.4) is 0 Å². The molecule has 1 saturated heterocycles. The molecular weight excluding hydrogens is 372 g/mol. The Morgan fingerprint density at radius 1 is 1.41 bits per heavy atom. The molecule has 0 spiro atoms. The minimum absolute atomic E-state index is 0. The molecule has 2 aliphatic heterocycles. The van der Waals surface area contributed by atoms with Crippen LogP contribution in [0.25, 0.3) is 0 Å². The summed E-state index contributed by atoms with van der Waals surface area (Å²) in [5.74, 6) is 1.93. The van der Waals surface area contributed by atoms with Crippen molar-refractivity contribution in [3.05, 3.63) is 22.2 Å². The Balaban J connectivity index is 0.00000176. The molecule has 0 aliphatic carbocycles. The first-order valence-corrected chi connectivity index (χ1v) is 8.01. The standard InChI is InChI=1S/C15H19BrN2O3.ClH/c1-17-8-10-2-3-18(9-10)15(19)11-6-12(16)14-13(7-11)20-4-5-21-14;/h6-7,10,17H,2-5,8-9H2,1H3;1H. The van der Waals surface area contributed by atoms with Crippen molar-refractivity contribution in [1.29, 1.82) is 0 Å². The van der Waals surface area contributed by atoms with Crippen LogP contribution in [-0.2, 0) is 0 Å². The molecule has 2 heterocycles. The third kappa shape index (κ3) is 3.50. The van der Waals surface area contributed by atoms with E-state index in [0.29, 0.717) is 36.2 Å². The van der Waals surface area contributed by atoms with E-state index in [4.69, 9.17) is 9.47 Å². The van der Waals surface area contributed by atoms with Crippen molar-refractivity contribution in [2.45, 2.75) is 6.42 Å². The molecule has 0 aromatic heterocycles. The fourth-order valence-corrected chi connectivity index (χ4v) is 3.45. The van der Waals surface area contributed by atoms with Gasteiger partial charge in [0.2, 0.25) is 0 Å². The van der Waals surface area contributed by atoms with Gasteiger partial charge in [-0.05, 0) is 54.0 Å². The fraction of sp³-hybridized carbons (Fsp3) is 0.533. The van der Waals surface area contributed by atoms with Crippen LogP contribution in [0.5, 0.6) is 11.5 Å². The number of hydrogen-bond donors (Lipinski definition) is 1. The van der Waals surface area contributed by atoms with Crippen molar-refractivity contribution in [1.82, 2.24) is 10.2 Å². The summed E-state index contributed by atoms with van der Waals surface area (Å²) in [6.45, 7) is 3.64. The van der Waals surface area contributed by atoms with E-state index in [1.54, 1.807) is 6.07 Å². The Labute approximate surface area is 144 Å². The number of carbonyl (C=O) groups excluding carboxylic acids is 1. The number of hydrogen-bond acceptors (Lipinski definition) is 4. The van der Waals surface area contributed by atoms with Crippen molar-refractivity contribution in [3.63, 3.8) is 0 Å². The molecule has 1 aromatic carbocycles. The SMILES string of the molecule is CNCC1CCN(C(=O)c2cc(Br)c3c(c2)OCCO3)C1.Cl. The largest absolute Gasteiger partial charge is 0.486 e. The van der Waals surface area contributed by atoms with Gasteiger partial charge in [-0.2, -0.15) is 0 Å². The lowest BCUT2D eigenvalue weighted by Gasteiger charge is -2.22. The lowest BCUT2D eigenvalue weighted by atomic mass is 10.1. The molecule has 22 heavy (non-hydrogen) atoms. The Kier molecular flexibility index (Phi) is 5.94. The van der Waals surface area contributed by atoms with Crippen molar-refractivity contribution in [2.75, 3.05) is 39.9 Å². The molecule has 2 aliphatic rings. The summed E-state index contributed by atoms with van der Waals surface area (Å²) in [5, 5.41) is 3.18.